The first-order chi connectivity index (χ1) is 11.7. The lowest BCUT2D eigenvalue weighted by Crippen LogP contribution is -2.13. The molecule has 2 nitrogen and oxygen atoms in total. The highest BCUT2D eigenvalue weighted by molar-refractivity contribution is 6.30. The topological polar surface area (TPSA) is 25.8 Å². The van der Waals surface area contributed by atoms with E-state index in [1.807, 2.05) is 36.7 Å². The molecule has 0 aliphatic heterocycles. The molecule has 0 saturated heterocycles. The second-order valence-electron chi connectivity index (χ2n) is 6.77. The quantitative estimate of drug-likeness (QED) is 0.613. The molecule has 3 rings (SSSR count). The van der Waals surface area contributed by atoms with Crippen molar-refractivity contribution in [2.45, 2.75) is 45.4 Å². The van der Waals surface area contributed by atoms with Crippen molar-refractivity contribution in [3.05, 3.63) is 59.4 Å². The second kappa shape index (κ2) is 8.43. The van der Waals surface area contributed by atoms with Gasteiger partial charge in [-0.2, -0.15) is 0 Å². The summed E-state index contributed by atoms with van der Waals surface area (Å²) in [5.74, 6) is 2.44. The normalized spacial score (nSPS) is 21.2. The van der Waals surface area contributed by atoms with Gasteiger partial charge in [0.2, 0.25) is 0 Å². The number of hydrogen-bond acceptors (Lipinski definition) is 2. The van der Waals surface area contributed by atoms with E-state index in [9.17, 15) is 0 Å². The monoisotopic (exact) mass is 340 g/mol. The lowest BCUT2D eigenvalue weighted by Gasteiger charge is -2.26. The van der Waals surface area contributed by atoms with Gasteiger partial charge in [-0.1, -0.05) is 23.8 Å². The number of benzene rings is 1. The molecular formula is C21H25ClN2. The summed E-state index contributed by atoms with van der Waals surface area (Å²) in [5, 5.41) is 0.736. The van der Waals surface area contributed by atoms with E-state index in [1.54, 1.807) is 0 Å². The zero-order valence-corrected chi connectivity index (χ0v) is 15.0. The molecule has 0 amide bonds. The van der Waals surface area contributed by atoms with E-state index in [4.69, 9.17) is 11.6 Å². The largest absolute Gasteiger partial charge is 0.236 e. The Morgan fingerprint density at radius 1 is 1.04 bits per heavy atom. The van der Waals surface area contributed by atoms with Crippen molar-refractivity contribution >= 4 is 11.6 Å². The van der Waals surface area contributed by atoms with E-state index < -0.39 is 0 Å². The van der Waals surface area contributed by atoms with Crippen LogP contribution in [0.15, 0.2) is 48.8 Å². The molecule has 2 aromatic rings. The van der Waals surface area contributed by atoms with Gasteiger partial charge in [-0.05, 0) is 87.1 Å². The van der Waals surface area contributed by atoms with E-state index in [0.29, 0.717) is 0 Å². The first kappa shape index (κ1) is 17.2. The minimum Gasteiger partial charge on any atom is -0.236 e. The molecule has 1 fully saturated rings. The molecule has 0 bridgehead atoms. The Morgan fingerprint density at radius 3 is 2.33 bits per heavy atom. The van der Waals surface area contributed by atoms with Crippen LogP contribution >= 0.6 is 11.6 Å². The van der Waals surface area contributed by atoms with Crippen molar-refractivity contribution in [3.63, 3.8) is 0 Å². The zero-order valence-electron chi connectivity index (χ0n) is 14.3. The van der Waals surface area contributed by atoms with Crippen LogP contribution in [0.5, 0.6) is 0 Å². The van der Waals surface area contributed by atoms with Crippen LogP contribution in [0.1, 0.15) is 44.6 Å². The highest BCUT2D eigenvalue weighted by atomic mass is 35.5. The Labute approximate surface area is 150 Å². The minimum absolute atomic E-state index is 0.736. The van der Waals surface area contributed by atoms with Crippen LogP contribution in [-0.4, -0.2) is 9.97 Å². The third kappa shape index (κ3) is 4.67. The predicted octanol–water partition coefficient (Wildman–Crippen LogP) is 6.11. The molecule has 3 heteroatoms. The van der Waals surface area contributed by atoms with E-state index in [1.165, 1.54) is 37.7 Å². The summed E-state index contributed by atoms with van der Waals surface area (Å²) in [4.78, 5) is 9.03. The Morgan fingerprint density at radius 2 is 1.71 bits per heavy atom. The summed E-state index contributed by atoms with van der Waals surface area (Å²) in [5.41, 5.74) is 2.25. The molecule has 1 aromatic carbocycles. The Kier molecular flexibility index (Phi) is 6.03. The van der Waals surface area contributed by atoms with Crippen LogP contribution < -0.4 is 0 Å². The maximum absolute atomic E-state index is 5.92. The highest BCUT2D eigenvalue weighted by Crippen LogP contribution is 2.32. The van der Waals surface area contributed by atoms with Gasteiger partial charge in [-0.15, -0.1) is 0 Å². The molecule has 1 saturated carbocycles. The van der Waals surface area contributed by atoms with Gasteiger partial charge in [0.05, 0.1) is 0 Å². The first-order valence-electron chi connectivity index (χ1n) is 8.94. The molecule has 1 aromatic heterocycles. The molecule has 0 atom stereocenters. The van der Waals surface area contributed by atoms with Gasteiger partial charge >= 0.3 is 0 Å². The molecule has 24 heavy (non-hydrogen) atoms. The molecule has 0 unspecified atom stereocenters. The van der Waals surface area contributed by atoms with E-state index in [0.717, 1.165) is 34.7 Å². The van der Waals surface area contributed by atoms with Gasteiger partial charge in [0, 0.05) is 23.0 Å². The van der Waals surface area contributed by atoms with Crippen molar-refractivity contribution in [2.24, 2.45) is 11.8 Å². The number of hydrogen-bond donors (Lipinski definition) is 0. The molecule has 1 aliphatic carbocycles. The van der Waals surface area contributed by atoms with Crippen LogP contribution in [0, 0.1) is 11.8 Å². The number of allylic oxidation sites excluding steroid dienone is 2. The predicted molar refractivity (Wildman–Crippen MR) is 101 cm³/mol. The first-order valence-corrected chi connectivity index (χ1v) is 9.32. The van der Waals surface area contributed by atoms with Gasteiger partial charge in [0.25, 0.3) is 0 Å². The summed E-state index contributed by atoms with van der Waals surface area (Å²) in [6.07, 6.45) is 16.3. The molecule has 126 valence electrons. The van der Waals surface area contributed by atoms with Crippen LogP contribution in [0.2, 0.25) is 5.02 Å². The molecule has 1 heterocycles. The molecule has 0 radical (unpaired) electrons. The van der Waals surface area contributed by atoms with E-state index in [2.05, 4.69) is 29.0 Å². The maximum atomic E-state index is 5.92. The average Bonchev–Trinajstić information content (AvgIpc) is 2.63. The summed E-state index contributed by atoms with van der Waals surface area (Å²) < 4.78 is 0. The highest BCUT2D eigenvalue weighted by Gasteiger charge is 2.19. The lowest BCUT2D eigenvalue weighted by molar-refractivity contribution is 0.296. The van der Waals surface area contributed by atoms with Crippen molar-refractivity contribution in [3.8, 4) is 11.4 Å². The van der Waals surface area contributed by atoms with Gasteiger partial charge < -0.3 is 0 Å². The van der Waals surface area contributed by atoms with E-state index >= 15 is 0 Å². The smallest absolute Gasteiger partial charge is 0.159 e. The minimum atomic E-state index is 0.736. The SMILES string of the molecule is C/C=C/[C@H]1CC[C@H](CCc2cnc(-c3ccc(Cl)cc3)nc2)CC1. The van der Waals surface area contributed by atoms with Crippen molar-refractivity contribution in [2.75, 3.05) is 0 Å². The van der Waals surface area contributed by atoms with Crippen LogP contribution in [-0.2, 0) is 6.42 Å². The third-order valence-corrected chi connectivity index (χ3v) is 5.26. The number of aryl methyl sites for hydroxylation is 1. The summed E-state index contributed by atoms with van der Waals surface area (Å²) in [6, 6.07) is 7.66. The fourth-order valence-electron chi connectivity index (χ4n) is 3.54. The van der Waals surface area contributed by atoms with Crippen LogP contribution in [0.4, 0.5) is 0 Å². The van der Waals surface area contributed by atoms with Gasteiger partial charge in [-0.25, -0.2) is 9.97 Å². The zero-order chi connectivity index (χ0) is 16.8. The standard InChI is InChI=1S/C21H25ClN2/c1-2-3-16-4-6-17(7-5-16)8-9-18-14-23-21(24-15-18)19-10-12-20(22)13-11-19/h2-3,10-17H,4-9H2,1H3/b3-2+/t16-,17-. The fourth-order valence-corrected chi connectivity index (χ4v) is 3.67. The number of rotatable bonds is 5. The molecule has 0 N–H and O–H groups in total. The van der Waals surface area contributed by atoms with E-state index in [-0.39, 0.29) is 0 Å². The summed E-state index contributed by atoms with van der Waals surface area (Å²) in [7, 11) is 0. The lowest BCUT2D eigenvalue weighted by atomic mass is 9.79. The van der Waals surface area contributed by atoms with Crippen molar-refractivity contribution in [1.82, 2.24) is 9.97 Å². The van der Waals surface area contributed by atoms with Gasteiger partial charge in [0.15, 0.2) is 5.82 Å². The Hall–Kier alpha value is -1.67. The molecular weight excluding hydrogens is 316 g/mol. The number of nitrogens with zero attached hydrogens (tertiary/aromatic N) is 2. The Bertz CT molecular complexity index is 653. The molecule has 0 spiro atoms. The van der Waals surface area contributed by atoms with Crippen LogP contribution in [0.25, 0.3) is 11.4 Å². The fraction of sp³-hybridized carbons (Fsp3) is 0.429. The van der Waals surface area contributed by atoms with Gasteiger partial charge in [0.1, 0.15) is 0 Å². The van der Waals surface area contributed by atoms with Crippen molar-refractivity contribution in [1.29, 1.82) is 0 Å². The second-order valence-corrected chi connectivity index (χ2v) is 7.20. The maximum Gasteiger partial charge on any atom is 0.159 e. The van der Waals surface area contributed by atoms with Crippen LogP contribution in [0.3, 0.4) is 0 Å². The van der Waals surface area contributed by atoms with Crippen molar-refractivity contribution < 1.29 is 0 Å². The number of aromatic nitrogens is 2. The average molecular weight is 341 g/mol. The summed E-state index contributed by atoms with van der Waals surface area (Å²) in [6.45, 7) is 2.12. The molecule has 1 aliphatic rings. The van der Waals surface area contributed by atoms with Gasteiger partial charge in [-0.3, -0.25) is 0 Å². The Balaban J connectivity index is 1.51. The number of halogens is 1. The summed E-state index contributed by atoms with van der Waals surface area (Å²) >= 11 is 5.92. The third-order valence-electron chi connectivity index (χ3n) is 5.01.